The summed E-state index contributed by atoms with van der Waals surface area (Å²) in [4.78, 5) is 26.5. The molecule has 0 fully saturated rings. The molecule has 0 radical (unpaired) electrons. The predicted molar refractivity (Wildman–Crippen MR) is 121 cm³/mol. The van der Waals surface area contributed by atoms with Crippen LogP contribution in [0, 0.1) is 0 Å². The second-order valence-corrected chi connectivity index (χ2v) is 7.27. The molecule has 0 unspecified atom stereocenters. The predicted octanol–water partition coefficient (Wildman–Crippen LogP) is 2.45. The van der Waals surface area contributed by atoms with Crippen molar-refractivity contribution in [3.05, 3.63) is 96.1 Å². The minimum Gasteiger partial charge on any atom is -0.497 e. The summed E-state index contributed by atoms with van der Waals surface area (Å²) >= 11 is 0. The molecule has 6 nitrogen and oxygen atoms in total. The van der Waals surface area contributed by atoms with E-state index in [0.717, 1.165) is 11.1 Å². The van der Waals surface area contributed by atoms with Gasteiger partial charge in [-0.3, -0.25) is 9.59 Å². The van der Waals surface area contributed by atoms with Gasteiger partial charge in [0.1, 0.15) is 11.8 Å². The number of quaternary nitrogens is 1. The first-order valence-corrected chi connectivity index (χ1v) is 10.2. The molecule has 0 aliphatic heterocycles. The maximum Gasteiger partial charge on any atom is 0.277 e. The largest absolute Gasteiger partial charge is 0.497 e. The van der Waals surface area contributed by atoms with E-state index in [4.69, 9.17) is 4.74 Å². The van der Waals surface area contributed by atoms with E-state index in [0.29, 0.717) is 11.4 Å². The molecule has 0 aromatic heterocycles. The van der Waals surface area contributed by atoms with Crippen LogP contribution in [0.4, 0.5) is 5.69 Å². The Morgan fingerprint density at radius 1 is 0.935 bits per heavy atom. The number of carbonyl (C=O) groups is 2. The number of likely N-dealkylation sites (N-methyl/N-ethyl adjacent to an activating group) is 1. The molecule has 3 rings (SSSR count). The van der Waals surface area contributed by atoms with Crippen molar-refractivity contribution < 1.29 is 19.6 Å². The van der Waals surface area contributed by atoms with Crippen LogP contribution in [0.1, 0.15) is 17.2 Å². The van der Waals surface area contributed by atoms with E-state index in [1.807, 2.05) is 41.7 Å². The van der Waals surface area contributed by atoms with Gasteiger partial charge in [0.15, 0.2) is 6.54 Å². The maximum atomic E-state index is 12.7. The zero-order valence-electron chi connectivity index (χ0n) is 17.8. The number of amides is 2. The molecule has 6 heteroatoms. The SMILES string of the molecule is COc1cccc(NC(=O)CN(C)C(=O)C[NH2+]C(c2ccccc2)c2ccccc2)c1. The number of benzene rings is 3. The number of hydrogen-bond acceptors (Lipinski definition) is 3. The number of hydrogen-bond donors (Lipinski definition) is 2. The number of nitrogens with one attached hydrogen (secondary N) is 1. The first-order valence-electron chi connectivity index (χ1n) is 10.2. The van der Waals surface area contributed by atoms with E-state index < -0.39 is 0 Å². The molecule has 0 saturated carbocycles. The van der Waals surface area contributed by atoms with Gasteiger partial charge in [-0.05, 0) is 12.1 Å². The molecule has 0 atom stereocenters. The molecular formula is C25H28N3O3+. The third-order valence-electron chi connectivity index (χ3n) is 5.01. The Morgan fingerprint density at radius 3 is 2.13 bits per heavy atom. The van der Waals surface area contributed by atoms with Crippen LogP contribution in [-0.4, -0.2) is 44.0 Å². The number of rotatable bonds is 9. The van der Waals surface area contributed by atoms with E-state index in [2.05, 4.69) is 29.6 Å². The maximum absolute atomic E-state index is 12.7. The van der Waals surface area contributed by atoms with Gasteiger partial charge in [-0.1, -0.05) is 66.7 Å². The molecular weight excluding hydrogens is 390 g/mol. The van der Waals surface area contributed by atoms with Crippen molar-refractivity contribution in [2.75, 3.05) is 32.6 Å². The Hall–Kier alpha value is -3.64. The minimum atomic E-state index is -0.258. The quantitative estimate of drug-likeness (QED) is 0.561. The molecule has 3 aromatic rings. The van der Waals surface area contributed by atoms with Gasteiger partial charge < -0.3 is 20.3 Å². The highest BCUT2D eigenvalue weighted by Crippen LogP contribution is 2.18. The van der Waals surface area contributed by atoms with Crippen LogP contribution in [0.2, 0.25) is 0 Å². The lowest BCUT2D eigenvalue weighted by molar-refractivity contribution is -0.677. The van der Waals surface area contributed by atoms with Crippen molar-refractivity contribution in [2.45, 2.75) is 6.04 Å². The zero-order chi connectivity index (χ0) is 22.1. The van der Waals surface area contributed by atoms with E-state index in [9.17, 15) is 9.59 Å². The Balaban J connectivity index is 1.58. The summed E-state index contributed by atoms with van der Waals surface area (Å²) in [6, 6.07) is 27.3. The van der Waals surface area contributed by atoms with Crippen LogP contribution in [0.25, 0.3) is 0 Å². The van der Waals surface area contributed by atoms with E-state index in [-0.39, 0.29) is 30.9 Å². The second-order valence-electron chi connectivity index (χ2n) is 7.27. The van der Waals surface area contributed by atoms with Gasteiger partial charge in [0, 0.05) is 29.9 Å². The Morgan fingerprint density at radius 2 is 1.55 bits per heavy atom. The molecule has 0 saturated heterocycles. The standard InChI is InChI=1S/C25H27N3O3/c1-28(18-23(29)27-21-14-9-15-22(16-21)31-2)24(30)17-26-25(19-10-5-3-6-11-19)20-12-7-4-8-13-20/h3-16,25-26H,17-18H2,1-2H3,(H,27,29)/p+1. The first-order chi connectivity index (χ1) is 15.1. The summed E-state index contributed by atoms with van der Waals surface area (Å²) in [5.41, 5.74) is 2.88. The zero-order valence-corrected chi connectivity index (χ0v) is 17.8. The number of carbonyl (C=O) groups excluding carboxylic acids is 2. The molecule has 3 aromatic carbocycles. The molecule has 31 heavy (non-hydrogen) atoms. The topological polar surface area (TPSA) is 75.2 Å². The van der Waals surface area contributed by atoms with Crippen LogP contribution in [0.15, 0.2) is 84.9 Å². The highest BCUT2D eigenvalue weighted by atomic mass is 16.5. The summed E-state index contributed by atoms with van der Waals surface area (Å²) in [5.74, 6) is 0.286. The van der Waals surface area contributed by atoms with Crippen molar-refractivity contribution in [3.8, 4) is 5.75 Å². The monoisotopic (exact) mass is 418 g/mol. The summed E-state index contributed by atoms with van der Waals surface area (Å²) < 4.78 is 5.16. The Kier molecular flexibility index (Phi) is 7.79. The van der Waals surface area contributed by atoms with Crippen molar-refractivity contribution in [1.82, 2.24) is 4.90 Å². The number of ether oxygens (including phenoxy) is 1. The third-order valence-corrected chi connectivity index (χ3v) is 5.01. The highest BCUT2D eigenvalue weighted by Gasteiger charge is 2.21. The van der Waals surface area contributed by atoms with Gasteiger partial charge >= 0.3 is 0 Å². The lowest BCUT2D eigenvalue weighted by Gasteiger charge is -2.20. The third kappa shape index (κ3) is 6.42. The molecule has 3 N–H and O–H groups in total. The van der Waals surface area contributed by atoms with Crippen LogP contribution in [0.5, 0.6) is 5.75 Å². The van der Waals surface area contributed by atoms with Crippen LogP contribution < -0.4 is 15.4 Å². The van der Waals surface area contributed by atoms with Gasteiger partial charge in [0.2, 0.25) is 5.91 Å². The van der Waals surface area contributed by atoms with Crippen LogP contribution in [-0.2, 0) is 9.59 Å². The highest BCUT2D eigenvalue weighted by molar-refractivity contribution is 5.94. The van der Waals surface area contributed by atoms with Crippen molar-refractivity contribution >= 4 is 17.5 Å². The van der Waals surface area contributed by atoms with Gasteiger partial charge in [0.25, 0.3) is 5.91 Å². The average Bonchev–Trinajstić information content (AvgIpc) is 2.80. The molecule has 160 valence electrons. The van der Waals surface area contributed by atoms with Gasteiger partial charge in [-0.25, -0.2) is 0 Å². The Labute approximate surface area is 182 Å². The molecule has 0 aliphatic rings. The van der Waals surface area contributed by atoms with Gasteiger partial charge in [-0.2, -0.15) is 0 Å². The number of anilines is 1. The molecule has 0 heterocycles. The van der Waals surface area contributed by atoms with Gasteiger partial charge in [0.05, 0.1) is 13.7 Å². The lowest BCUT2D eigenvalue weighted by atomic mass is 9.99. The number of nitrogens with zero attached hydrogens (tertiary/aromatic N) is 1. The number of methoxy groups -OCH3 is 1. The fraction of sp³-hybridized carbons (Fsp3) is 0.200. The van der Waals surface area contributed by atoms with Crippen molar-refractivity contribution in [2.24, 2.45) is 0 Å². The molecule has 2 amide bonds. The molecule has 0 spiro atoms. The summed E-state index contributed by atoms with van der Waals surface area (Å²) in [7, 11) is 3.21. The molecule has 0 bridgehead atoms. The summed E-state index contributed by atoms with van der Waals surface area (Å²) in [6.07, 6.45) is 0. The van der Waals surface area contributed by atoms with Crippen molar-refractivity contribution in [3.63, 3.8) is 0 Å². The summed E-state index contributed by atoms with van der Waals surface area (Å²) in [5, 5.41) is 4.80. The number of nitrogens with two attached hydrogens (primary N) is 1. The van der Waals surface area contributed by atoms with E-state index >= 15 is 0 Å². The normalized spacial score (nSPS) is 10.5. The lowest BCUT2D eigenvalue weighted by Crippen LogP contribution is -2.87. The van der Waals surface area contributed by atoms with Crippen LogP contribution >= 0.6 is 0 Å². The average molecular weight is 419 g/mol. The van der Waals surface area contributed by atoms with E-state index in [1.54, 1.807) is 38.4 Å². The summed E-state index contributed by atoms with van der Waals surface area (Å²) in [6.45, 7) is 0.211. The van der Waals surface area contributed by atoms with E-state index in [1.165, 1.54) is 4.90 Å². The second kappa shape index (κ2) is 10.9. The van der Waals surface area contributed by atoms with Crippen molar-refractivity contribution in [1.29, 1.82) is 0 Å². The van der Waals surface area contributed by atoms with Crippen LogP contribution in [0.3, 0.4) is 0 Å². The fourth-order valence-electron chi connectivity index (χ4n) is 3.36. The fourth-order valence-corrected chi connectivity index (χ4v) is 3.36. The first kappa shape index (κ1) is 22.1. The molecule has 0 aliphatic carbocycles. The smallest absolute Gasteiger partial charge is 0.277 e. The minimum absolute atomic E-state index is 0.00496. The Bertz CT molecular complexity index is 954. The van der Waals surface area contributed by atoms with Gasteiger partial charge in [-0.15, -0.1) is 0 Å².